The molecule has 5 rings (SSSR count). The van der Waals surface area contributed by atoms with Gasteiger partial charge in [-0.2, -0.15) is 13.2 Å². The number of piperazine rings is 1. The summed E-state index contributed by atoms with van der Waals surface area (Å²) in [6.07, 6.45) is -2.84. The predicted molar refractivity (Wildman–Crippen MR) is 149 cm³/mol. The molecule has 2 amide bonds. The minimum absolute atomic E-state index is 0.0998. The molecule has 0 bridgehead atoms. The number of anilines is 2. The lowest BCUT2D eigenvalue weighted by Crippen LogP contribution is -2.49. The number of alkyl halides is 3. The van der Waals surface area contributed by atoms with Crippen molar-refractivity contribution in [2.45, 2.75) is 18.0 Å². The Kier molecular flexibility index (Phi) is 7.39. The fourth-order valence-corrected chi connectivity index (χ4v) is 5.96. The van der Waals surface area contributed by atoms with E-state index >= 15 is 0 Å². The Bertz CT molecular complexity index is 1470. The normalized spacial score (nSPS) is 17.0. The smallest absolute Gasteiger partial charge is 0.368 e. The number of halogens is 4. The van der Waals surface area contributed by atoms with Crippen LogP contribution in [0.3, 0.4) is 0 Å². The molecule has 0 atom stereocenters. The third-order valence-corrected chi connectivity index (χ3v) is 8.23. The molecular formula is C29H25ClF3N3O2S. The Balaban J connectivity index is 1.30. The first-order valence-electron chi connectivity index (χ1n) is 12.3. The van der Waals surface area contributed by atoms with Gasteiger partial charge in [0, 0.05) is 54.4 Å². The molecule has 2 heterocycles. The van der Waals surface area contributed by atoms with Gasteiger partial charge >= 0.3 is 6.18 Å². The Morgan fingerprint density at radius 1 is 0.949 bits per heavy atom. The predicted octanol–water partition coefficient (Wildman–Crippen LogP) is 6.74. The van der Waals surface area contributed by atoms with Gasteiger partial charge in [-0.15, -0.1) is 0 Å². The van der Waals surface area contributed by atoms with E-state index in [1.807, 2.05) is 36.1 Å². The molecule has 0 N–H and O–H groups in total. The Labute approximate surface area is 233 Å². The van der Waals surface area contributed by atoms with E-state index in [1.54, 1.807) is 25.3 Å². The van der Waals surface area contributed by atoms with Crippen LogP contribution in [-0.2, 0) is 11.0 Å². The van der Waals surface area contributed by atoms with Gasteiger partial charge in [0.25, 0.3) is 11.8 Å². The van der Waals surface area contributed by atoms with Crippen LogP contribution in [-0.4, -0.2) is 49.9 Å². The summed E-state index contributed by atoms with van der Waals surface area (Å²) in [4.78, 5) is 33.1. The summed E-state index contributed by atoms with van der Waals surface area (Å²) in [5.74, 6) is -0.389. The van der Waals surface area contributed by atoms with Crippen molar-refractivity contribution in [3.8, 4) is 0 Å². The Morgan fingerprint density at radius 2 is 1.64 bits per heavy atom. The summed E-state index contributed by atoms with van der Waals surface area (Å²) in [7, 11) is 1.63. The molecule has 1 saturated heterocycles. The molecule has 202 valence electrons. The van der Waals surface area contributed by atoms with Crippen molar-refractivity contribution in [3.63, 3.8) is 0 Å². The molecule has 39 heavy (non-hydrogen) atoms. The number of likely N-dealkylation sites (N-methyl/N-ethyl adjacent to an activating group) is 1. The third kappa shape index (κ3) is 5.65. The van der Waals surface area contributed by atoms with Crippen LogP contribution < -0.4 is 9.80 Å². The molecule has 3 aromatic carbocycles. The van der Waals surface area contributed by atoms with E-state index in [0.717, 1.165) is 28.3 Å². The van der Waals surface area contributed by atoms with Crippen LogP contribution in [0.25, 0.3) is 6.08 Å². The van der Waals surface area contributed by atoms with Crippen molar-refractivity contribution < 1.29 is 22.8 Å². The minimum atomic E-state index is -4.42. The SMILES string of the molecule is Cc1ccc(Cl)cc1N1CCN(C(=O)c2ccc3c(c2)N(C)C(=O)/C(=C/c2ccc(C(F)(F)F)cc2)S3)CC1. The monoisotopic (exact) mass is 571 g/mol. The highest BCUT2D eigenvalue weighted by molar-refractivity contribution is 8.04. The van der Waals surface area contributed by atoms with Gasteiger partial charge in [-0.25, -0.2) is 0 Å². The van der Waals surface area contributed by atoms with Crippen molar-refractivity contribution in [1.82, 2.24) is 4.90 Å². The molecule has 3 aromatic rings. The molecule has 1 fully saturated rings. The maximum Gasteiger partial charge on any atom is 0.416 e. The summed E-state index contributed by atoms with van der Waals surface area (Å²) in [6.45, 7) is 4.53. The number of nitrogens with zero attached hydrogens (tertiary/aromatic N) is 3. The molecule has 10 heteroatoms. The van der Waals surface area contributed by atoms with Crippen molar-refractivity contribution >= 4 is 52.6 Å². The van der Waals surface area contributed by atoms with Crippen molar-refractivity contribution in [2.24, 2.45) is 0 Å². The maximum absolute atomic E-state index is 13.3. The first-order valence-corrected chi connectivity index (χ1v) is 13.5. The van der Waals surface area contributed by atoms with Crippen molar-refractivity contribution in [2.75, 3.05) is 43.0 Å². The number of carbonyl (C=O) groups excluding carboxylic acids is 2. The fourth-order valence-electron chi connectivity index (χ4n) is 4.70. The topological polar surface area (TPSA) is 43.9 Å². The highest BCUT2D eigenvalue weighted by atomic mass is 35.5. The zero-order valence-electron chi connectivity index (χ0n) is 21.3. The Hall–Kier alpha value is -3.43. The summed E-state index contributed by atoms with van der Waals surface area (Å²) >= 11 is 7.42. The van der Waals surface area contributed by atoms with Gasteiger partial charge in [-0.3, -0.25) is 9.59 Å². The van der Waals surface area contributed by atoms with Crippen LogP contribution in [0.1, 0.15) is 27.0 Å². The van der Waals surface area contributed by atoms with E-state index in [-0.39, 0.29) is 11.8 Å². The highest BCUT2D eigenvalue weighted by Crippen LogP contribution is 2.42. The number of thioether (sulfide) groups is 1. The van der Waals surface area contributed by atoms with E-state index in [9.17, 15) is 22.8 Å². The lowest BCUT2D eigenvalue weighted by atomic mass is 10.1. The van der Waals surface area contributed by atoms with Crippen LogP contribution in [0, 0.1) is 6.92 Å². The summed E-state index contributed by atoms with van der Waals surface area (Å²) in [5.41, 5.74) is 3.07. The number of aryl methyl sites for hydroxylation is 1. The van der Waals surface area contributed by atoms with E-state index < -0.39 is 11.7 Å². The van der Waals surface area contributed by atoms with Crippen molar-refractivity contribution in [3.05, 3.63) is 92.8 Å². The second kappa shape index (κ2) is 10.6. The zero-order valence-corrected chi connectivity index (χ0v) is 22.8. The number of hydrogen-bond donors (Lipinski definition) is 0. The van der Waals surface area contributed by atoms with Crippen LogP contribution in [0.4, 0.5) is 24.5 Å². The molecule has 5 nitrogen and oxygen atoms in total. The van der Waals surface area contributed by atoms with Crippen LogP contribution in [0.5, 0.6) is 0 Å². The van der Waals surface area contributed by atoms with Gasteiger partial charge in [0.2, 0.25) is 0 Å². The third-order valence-electron chi connectivity index (χ3n) is 6.92. The maximum atomic E-state index is 13.3. The fraction of sp³-hybridized carbons (Fsp3) is 0.241. The van der Waals surface area contributed by atoms with Crippen molar-refractivity contribution in [1.29, 1.82) is 0 Å². The van der Waals surface area contributed by atoms with Gasteiger partial charge < -0.3 is 14.7 Å². The number of hydrogen-bond acceptors (Lipinski definition) is 4. The van der Waals surface area contributed by atoms with Crippen LogP contribution in [0.2, 0.25) is 5.02 Å². The van der Waals surface area contributed by atoms with Gasteiger partial charge in [0.15, 0.2) is 0 Å². The Morgan fingerprint density at radius 3 is 2.31 bits per heavy atom. The molecule has 0 aromatic heterocycles. The lowest BCUT2D eigenvalue weighted by Gasteiger charge is -2.37. The van der Waals surface area contributed by atoms with Crippen LogP contribution in [0.15, 0.2) is 70.5 Å². The molecular weight excluding hydrogens is 547 g/mol. The molecule has 2 aliphatic rings. The minimum Gasteiger partial charge on any atom is -0.368 e. The number of amides is 2. The first-order chi connectivity index (χ1) is 18.5. The molecule has 0 aliphatic carbocycles. The summed E-state index contributed by atoms with van der Waals surface area (Å²) < 4.78 is 38.6. The standard InChI is InChI=1S/C29H25ClF3N3O2S/c1-18-3-9-22(30)17-23(18)35-11-13-36(14-12-35)27(37)20-6-10-25-24(16-20)34(2)28(38)26(39-25)15-19-4-7-21(8-5-19)29(31,32)33/h3-10,15-17H,11-14H2,1-2H3/b26-15-. The molecule has 0 radical (unpaired) electrons. The van der Waals surface area contributed by atoms with Crippen LogP contribution >= 0.6 is 23.4 Å². The average molecular weight is 572 g/mol. The molecule has 0 saturated carbocycles. The zero-order chi connectivity index (χ0) is 27.9. The number of benzene rings is 3. The lowest BCUT2D eigenvalue weighted by molar-refractivity contribution is -0.137. The van der Waals surface area contributed by atoms with E-state index in [2.05, 4.69) is 4.90 Å². The first kappa shape index (κ1) is 27.1. The quantitative estimate of drug-likeness (QED) is 0.327. The molecule has 0 spiro atoms. The molecule has 2 aliphatic heterocycles. The number of rotatable bonds is 3. The second-order valence-electron chi connectivity index (χ2n) is 9.49. The summed E-state index contributed by atoms with van der Waals surface area (Å²) in [5, 5.41) is 0.678. The van der Waals surface area contributed by atoms with Gasteiger partial charge in [-0.05, 0) is 66.6 Å². The largest absolute Gasteiger partial charge is 0.416 e. The number of carbonyl (C=O) groups is 2. The van der Waals surface area contributed by atoms with Gasteiger partial charge in [0.05, 0.1) is 16.2 Å². The average Bonchev–Trinajstić information content (AvgIpc) is 2.92. The van der Waals surface area contributed by atoms with E-state index in [0.29, 0.717) is 52.9 Å². The number of fused-ring (bicyclic) bond motifs is 1. The second-order valence-corrected chi connectivity index (χ2v) is 11.0. The van der Waals surface area contributed by atoms with E-state index in [1.165, 1.54) is 28.8 Å². The summed E-state index contributed by atoms with van der Waals surface area (Å²) in [6, 6.07) is 15.8. The van der Waals surface area contributed by atoms with Gasteiger partial charge in [-0.1, -0.05) is 41.6 Å². The molecule has 0 unspecified atom stereocenters. The van der Waals surface area contributed by atoms with Gasteiger partial charge in [0.1, 0.15) is 0 Å². The van der Waals surface area contributed by atoms with E-state index in [4.69, 9.17) is 11.6 Å². The highest BCUT2D eigenvalue weighted by Gasteiger charge is 2.31.